The molecular weight excluding hydrogens is 274 g/mol. The molecule has 1 aromatic rings. The Hall–Kier alpha value is -1.26. The monoisotopic (exact) mass is 295 g/mol. The first-order valence-corrected chi connectivity index (χ1v) is 7.31. The summed E-state index contributed by atoms with van der Waals surface area (Å²) in [5.74, 6) is 0.794. The third-order valence-electron chi connectivity index (χ3n) is 3.95. The molecule has 1 aromatic carbocycles. The molecule has 1 aliphatic rings. The van der Waals surface area contributed by atoms with Crippen LogP contribution in [0.2, 0.25) is 5.02 Å². The number of hydrogen-bond acceptors (Lipinski definition) is 2. The minimum Gasteiger partial charge on any atom is -0.381 e. The number of benzene rings is 1. The van der Waals surface area contributed by atoms with Crippen LogP contribution in [-0.2, 0) is 10.2 Å². The smallest absolute Gasteiger partial charge is 0.190 e. The van der Waals surface area contributed by atoms with Crippen molar-refractivity contribution in [2.24, 2.45) is 4.99 Å². The highest BCUT2D eigenvalue weighted by molar-refractivity contribution is 6.31. The second-order valence-electron chi connectivity index (χ2n) is 5.05. The van der Waals surface area contributed by atoms with Gasteiger partial charge in [-0.2, -0.15) is 0 Å². The van der Waals surface area contributed by atoms with Crippen LogP contribution in [0.3, 0.4) is 0 Å². The Balaban J connectivity index is 2.24. The van der Waals surface area contributed by atoms with Crippen molar-refractivity contribution in [3.63, 3.8) is 0 Å². The Morgan fingerprint density at radius 2 is 2.05 bits per heavy atom. The van der Waals surface area contributed by atoms with E-state index in [1.54, 1.807) is 7.05 Å². The molecular formula is C15H22ClN3O. The lowest BCUT2D eigenvalue weighted by Crippen LogP contribution is -2.47. The van der Waals surface area contributed by atoms with Crippen molar-refractivity contribution in [3.8, 4) is 0 Å². The molecule has 0 aliphatic carbocycles. The summed E-state index contributed by atoms with van der Waals surface area (Å²) in [4.78, 5) is 4.17. The number of nitrogens with one attached hydrogen (secondary N) is 2. The van der Waals surface area contributed by atoms with Crippen molar-refractivity contribution in [1.29, 1.82) is 0 Å². The van der Waals surface area contributed by atoms with Gasteiger partial charge in [-0.15, -0.1) is 0 Å². The van der Waals surface area contributed by atoms with Gasteiger partial charge in [-0.1, -0.05) is 29.8 Å². The van der Waals surface area contributed by atoms with E-state index < -0.39 is 0 Å². The van der Waals surface area contributed by atoms with Gasteiger partial charge < -0.3 is 15.4 Å². The van der Waals surface area contributed by atoms with E-state index in [0.717, 1.165) is 43.6 Å². The lowest BCUT2D eigenvalue weighted by molar-refractivity contribution is 0.0514. The third-order valence-corrected chi connectivity index (χ3v) is 4.28. The van der Waals surface area contributed by atoms with E-state index in [-0.39, 0.29) is 5.41 Å². The average molecular weight is 296 g/mol. The molecule has 1 fully saturated rings. The van der Waals surface area contributed by atoms with E-state index in [4.69, 9.17) is 16.3 Å². The first-order valence-electron chi connectivity index (χ1n) is 6.93. The van der Waals surface area contributed by atoms with Gasteiger partial charge >= 0.3 is 0 Å². The van der Waals surface area contributed by atoms with Gasteiger partial charge in [0.25, 0.3) is 0 Å². The van der Waals surface area contributed by atoms with Crippen molar-refractivity contribution in [2.45, 2.75) is 18.3 Å². The maximum atomic E-state index is 6.42. The summed E-state index contributed by atoms with van der Waals surface area (Å²) in [5, 5.41) is 7.26. The molecule has 2 N–H and O–H groups in total. The number of hydrogen-bond donors (Lipinski definition) is 2. The number of halogens is 1. The zero-order valence-electron chi connectivity index (χ0n) is 12.1. The standard InChI is InChI=1S/C15H22ClN3O/c1-17-14(18-2)19-11-15(7-9-20-10-8-15)12-5-3-4-6-13(12)16/h3-6H,7-11H2,1-2H3,(H2,17,18,19). The van der Waals surface area contributed by atoms with Crippen molar-refractivity contribution < 1.29 is 4.74 Å². The van der Waals surface area contributed by atoms with Crippen LogP contribution in [0, 0.1) is 0 Å². The number of aliphatic imine (C=N–C) groups is 1. The number of rotatable bonds is 3. The van der Waals surface area contributed by atoms with Crippen molar-refractivity contribution >= 4 is 17.6 Å². The molecule has 0 spiro atoms. The highest BCUT2D eigenvalue weighted by Crippen LogP contribution is 2.38. The molecule has 0 saturated carbocycles. The highest BCUT2D eigenvalue weighted by Gasteiger charge is 2.36. The van der Waals surface area contributed by atoms with Crippen LogP contribution in [-0.4, -0.2) is 39.8 Å². The van der Waals surface area contributed by atoms with E-state index in [9.17, 15) is 0 Å². The van der Waals surface area contributed by atoms with E-state index in [1.165, 1.54) is 5.56 Å². The minimum absolute atomic E-state index is 0.00336. The molecule has 0 atom stereocenters. The van der Waals surface area contributed by atoms with Crippen molar-refractivity contribution in [2.75, 3.05) is 33.9 Å². The normalized spacial score (nSPS) is 18.6. The van der Waals surface area contributed by atoms with Crippen LogP contribution in [0.15, 0.2) is 29.3 Å². The second-order valence-corrected chi connectivity index (χ2v) is 5.46. The van der Waals surface area contributed by atoms with Crippen LogP contribution in [0.1, 0.15) is 18.4 Å². The van der Waals surface area contributed by atoms with Crippen LogP contribution < -0.4 is 10.6 Å². The molecule has 1 heterocycles. The van der Waals surface area contributed by atoms with Gasteiger partial charge in [0.1, 0.15) is 0 Å². The Bertz CT molecular complexity index is 470. The van der Waals surface area contributed by atoms with Gasteiger partial charge in [0.15, 0.2) is 5.96 Å². The van der Waals surface area contributed by atoms with Gasteiger partial charge in [0.05, 0.1) is 0 Å². The zero-order chi connectivity index (χ0) is 14.4. The molecule has 20 heavy (non-hydrogen) atoms. The van der Waals surface area contributed by atoms with Gasteiger partial charge in [0, 0.05) is 44.3 Å². The van der Waals surface area contributed by atoms with Gasteiger partial charge in [-0.05, 0) is 24.5 Å². The number of nitrogens with zero attached hydrogens (tertiary/aromatic N) is 1. The molecule has 1 aliphatic heterocycles. The molecule has 0 amide bonds. The molecule has 2 rings (SSSR count). The van der Waals surface area contributed by atoms with Crippen LogP contribution >= 0.6 is 11.6 Å². The summed E-state index contributed by atoms with van der Waals surface area (Å²) in [6.45, 7) is 2.34. The van der Waals surface area contributed by atoms with Crippen LogP contribution in [0.4, 0.5) is 0 Å². The fourth-order valence-corrected chi connectivity index (χ4v) is 3.06. The molecule has 110 valence electrons. The SMILES string of the molecule is CN=C(NC)NCC1(c2ccccc2Cl)CCOCC1. The predicted molar refractivity (Wildman–Crippen MR) is 83.6 cm³/mol. The summed E-state index contributed by atoms with van der Waals surface area (Å²) >= 11 is 6.42. The van der Waals surface area contributed by atoms with Gasteiger partial charge in [-0.25, -0.2) is 0 Å². The number of guanidine groups is 1. The van der Waals surface area contributed by atoms with E-state index >= 15 is 0 Å². The van der Waals surface area contributed by atoms with Crippen molar-refractivity contribution in [3.05, 3.63) is 34.9 Å². The van der Waals surface area contributed by atoms with Gasteiger partial charge in [-0.3, -0.25) is 4.99 Å². The lowest BCUT2D eigenvalue weighted by Gasteiger charge is -2.38. The Morgan fingerprint density at radius 1 is 1.35 bits per heavy atom. The van der Waals surface area contributed by atoms with Crippen LogP contribution in [0.25, 0.3) is 0 Å². The van der Waals surface area contributed by atoms with E-state index in [1.807, 2.05) is 25.2 Å². The summed E-state index contributed by atoms with van der Waals surface area (Å²) in [6.07, 6.45) is 1.93. The lowest BCUT2D eigenvalue weighted by atomic mass is 9.74. The molecule has 0 bridgehead atoms. The minimum atomic E-state index is 0.00336. The molecule has 0 radical (unpaired) electrons. The topological polar surface area (TPSA) is 45.7 Å². The molecule has 0 aromatic heterocycles. The first kappa shape index (κ1) is 15.1. The van der Waals surface area contributed by atoms with E-state index in [2.05, 4.69) is 21.7 Å². The average Bonchev–Trinajstić information content (AvgIpc) is 2.49. The van der Waals surface area contributed by atoms with Crippen LogP contribution in [0.5, 0.6) is 0 Å². The third kappa shape index (κ3) is 3.25. The molecule has 1 saturated heterocycles. The van der Waals surface area contributed by atoms with Gasteiger partial charge in [0.2, 0.25) is 0 Å². The predicted octanol–water partition coefficient (Wildman–Crippen LogP) is 2.18. The first-order chi connectivity index (χ1) is 9.72. The Morgan fingerprint density at radius 3 is 2.65 bits per heavy atom. The summed E-state index contributed by atoms with van der Waals surface area (Å²) in [6, 6.07) is 8.10. The molecule has 5 heteroatoms. The zero-order valence-corrected chi connectivity index (χ0v) is 12.8. The largest absolute Gasteiger partial charge is 0.381 e. The summed E-state index contributed by atoms with van der Waals surface area (Å²) in [7, 11) is 3.63. The number of ether oxygens (including phenoxy) is 1. The molecule has 4 nitrogen and oxygen atoms in total. The summed E-state index contributed by atoms with van der Waals surface area (Å²) < 4.78 is 5.53. The second kappa shape index (κ2) is 6.95. The highest BCUT2D eigenvalue weighted by atomic mass is 35.5. The maximum absolute atomic E-state index is 6.42. The Kier molecular flexibility index (Phi) is 5.26. The van der Waals surface area contributed by atoms with E-state index in [0.29, 0.717) is 0 Å². The fraction of sp³-hybridized carbons (Fsp3) is 0.533. The van der Waals surface area contributed by atoms with Crippen molar-refractivity contribution in [1.82, 2.24) is 10.6 Å². The quantitative estimate of drug-likeness (QED) is 0.664. The summed E-state index contributed by atoms with van der Waals surface area (Å²) in [5.41, 5.74) is 1.20. The maximum Gasteiger partial charge on any atom is 0.190 e. The Labute approximate surface area is 125 Å². The molecule has 0 unspecified atom stereocenters. The fourth-order valence-electron chi connectivity index (χ4n) is 2.73.